The summed E-state index contributed by atoms with van der Waals surface area (Å²) in [6.07, 6.45) is 0. The first-order valence-corrected chi connectivity index (χ1v) is 13.9. The normalized spacial score (nSPS) is 12.7. The number of rotatable bonds is 5. The molecular weight excluding hydrogens is 491 g/mol. The van der Waals surface area contributed by atoms with Crippen LogP contribution in [0.25, 0.3) is 65.4 Å². The Morgan fingerprint density at radius 2 is 1.25 bits per heavy atom. The molecule has 7 aromatic rings. The van der Waals surface area contributed by atoms with E-state index in [1.54, 1.807) is 13.8 Å². The van der Waals surface area contributed by atoms with Crippen molar-refractivity contribution in [3.05, 3.63) is 103 Å². The van der Waals surface area contributed by atoms with Gasteiger partial charge in [0.25, 0.3) is 0 Å². The number of benzene rings is 6. The van der Waals surface area contributed by atoms with Gasteiger partial charge in [0.2, 0.25) is 0 Å². The van der Waals surface area contributed by atoms with E-state index >= 15 is 0 Å². The lowest BCUT2D eigenvalue weighted by Crippen LogP contribution is -2.49. The lowest BCUT2D eigenvalue weighted by Gasteiger charge is -2.37. The molecule has 0 saturated heterocycles. The van der Waals surface area contributed by atoms with Gasteiger partial charge in [0.15, 0.2) is 0 Å². The Bertz CT molecular complexity index is 2080. The minimum atomic E-state index is -0.995. The summed E-state index contributed by atoms with van der Waals surface area (Å²) in [6, 6.07) is 36.5. The summed E-state index contributed by atoms with van der Waals surface area (Å²) < 4.78 is 13.1. The van der Waals surface area contributed by atoms with Gasteiger partial charge in [0, 0.05) is 16.3 Å². The van der Waals surface area contributed by atoms with Crippen LogP contribution in [0.5, 0.6) is 0 Å². The van der Waals surface area contributed by atoms with Crippen molar-refractivity contribution in [2.45, 2.75) is 38.9 Å². The first-order chi connectivity index (χ1) is 19.2. The Hall–Kier alpha value is -4.12. The average Bonchev–Trinajstić information content (AvgIpc) is 3.32. The molecule has 196 valence electrons. The van der Waals surface area contributed by atoms with Crippen LogP contribution in [0.15, 0.2) is 108 Å². The minimum Gasteiger partial charge on any atom is -0.455 e. The van der Waals surface area contributed by atoms with Crippen molar-refractivity contribution in [3.8, 4) is 11.1 Å². The van der Waals surface area contributed by atoms with Gasteiger partial charge in [-0.25, -0.2) is 0 Å². The third-order valence-electron chi connectivity index (χ3n) is 8.69. The average molecular weight is 522 g/mol. The Labute approximate surface area is 234 Å². The first kappa shape index (κ1) is 24.9. The molecule has 0 amide bonds. The lowest BCUT2D eigenvalue weighted by atomic mass is 9.79. The van der Waals surface area contributed by atoms with Crippen LogP contribution in [0.1, 0.15) is 27.7 Å². The lowest BCUT2D eigenvalue weighted by molar-refractivity contribution is -0.0893. The van der Waals surface area contributed by atoms with Crippen molar-refractivity contribution in [2.24, 2.45) is 0 Å². The topological polar surface area (TPSA) is 42.6 Å². The fraction of sp³-hybridized carbons (Fsp3) is 0.167. The van der Waals surface area contributed by atoms with Crippen molar-refractivity contribution >= 4 is 67.2 Å². The summed E-state index contributed by atoms with van der Waals surface area (Å²) in [7, 11) is 0.355. The molecule has 40 heavy (non-hydrogen) atoms. The largest absolute Gasteiger partial charge is 0.455 e. The number of aliphatic hydroxyl groups is 1. The van der Waals surface area contributed by atoms with Crippen molar-refractivity contribution < 1.29 is 14.2 Å². The molecule has 4 heteroatoms. The van der Waals surface area contributed by atoms with Crippen molar-refractivity contribution in [1.29, 1.82) is 0 Å². The Kier molecular flexibility index (Phi) is 5.57. The molecule has 0 aliphatic carbocycles. The van der Waals surface area contributed by atoms with E-state index in [9.17, 15) is 5.11 Å². The van der Waals surface area contributed by atoms with E-state index in [0.717, 1.165) is 43.9 Å². The first-order valence-electron chi connectivity index (χ1n) is 13.9. The molecular formula is C36H31BO3. The summed E-state index contributed by atoms with van der Waals surface area (Å²) >= 11 is 0. The third-order valence-corrected chi connectivity index (χ3v) is 8.69. The number of hydrogen-bond acceptors (Lipinski definition) is 3. The van der Waals surface area contributed by atoms with Gasteiger partial charge in [-0.3, -0.25) is 0 Å². The van der Waals surface area contributed by atoms with Crippen LogP contribution >= 0.6 is 0 Å². The van der Waals surface area contributed by atoms with Crippen LogP contribution in [0, 0.1) is 0 Å². The molecule has 0 saturated carbocycles. The van der Waals surface area contributed by atoms with Crippen LogP contribution in [0.2, 0.25) is 0 Å². The maximum Gasteiger partial charge on any atom is 0.310 e. The molecule has 0 fully saturated rings. The van der Waals surface area contributed by atoms with E-state index in [2.05, 4.69) is 103 Å². The van der Waals surface area contributed by atoms with E-state index in [4.69, 9.17) is 9.07 Å². The van der Waals surface area contributed by atoms with Gasteiger partial charge in [-0.2, -0.15) is 0 Å². The van der Waals surface area contributed by atoms with Gasteiger partial charge in [0.05, 0.1) is 11.2 Å². The second-order valence-corrected chi connectivity index (χ2v) is 11.8. The zero-order valence-corrected chi connectivity index (χ0v) is 23.3. The Morgan fingerprint density at radius 3 is 1.98 bits per heavy atom. The summed E-state index contributed by atoms with van der Waals surface area (Å²) in [5.74, 6) is 0. The van der Waals surface area contributed by atoms with E-state index in [0.29, 0.717) is 7.48 Å². The predicted molar refractivity (Wildman–Crippen MR) is 170 cm³/mol. The van der Waals surface area contributed by atoms with Crippen LogP contribution in [-0.4, -0.2) is 23.8 Å². The molecule has 0 radical (unpaired) electrons. The Morgan fingerprint density at radius 1 is 0.625 bits per heavy atom. The van der Waals surface area contributed by atoms with Crippen LogP contribution < -0.4 is 5.46 Å². The molecule has 0 aliphatic heterocycles. The van der Waals surface area contributed by atoms with Crippen molar-refractivity contribution in [2.75, 3.05) is 0 Å². The van der Waals surface area contributed by atoms with E-state index in [1.807, 2.05) is 13.8 Å². The van der Waals surface area contributed by atoms with Gasteiger partial charge in [-0.05, 0) is 89.2 Å². The predicted octanol–water partition coefficient (Wildman–Crippen LogP) is 8.26. The van der Waals surface area contributed by atoms with E-state index < -0.39 is 11.2 Å². The second-order valence-electron chi connectivity index (χ2n) is 11.8. The van der Waals surface area contributed by atoms with Crippen molar-refractivity contribution in [1.82, 2.24) is 0 Å². The maximum absolute atomic E-state index is 10.7. The number of furan rings is 1. The molecule has 0 bridgehead atoms. The van der Waals surface area contributed by atoms with Gasteiger partial charge < -0.3 is 14.2 Å². The highest BCUT2D eigenvalue weighted by Crippen LogP contribution is 2.41. The molecule has 1 N–H and O–H groups in total. The fourth-order valence-electron chi connectivity index (χ4n) is 5.68. The molecule has 0 spiro atoms. The summed E-state index contributed by atoms with van der Waals surface area (Å²) in [6.45, 7) is 7.44. The standard InChI is InChI=1S/C36H31BO3/c1-35(2,38)36(3,4)40-37-31-18-17-28(29-20-24-13-7-8-14-25(24)26-15-9-10-16-27(26)29)34-33(31)30-19-22-11-5-6-12-23(22)21-32(30)39-34/h5-21,37-38H,1-4H3. The van der Waals surface area contributed by atoms with Crippen LogP contribution in [-0.2, 0) is 4.65 Å². The number of fused-ring (bicyclic) bond motifs is 7. The molecule has 0 aliphatic rings. The minimum absolute atomic E-state index is 0.355. The SMILES string of the molecule is CC(C)(O)C(C)(C)OBc1ccc(-c2cc3ccccc3c3ccccc23)c2oc3cc4ccccc4cc3c12. The van der Waals surface area contributed by atoms with Crippen LogP contribution in [0.3, 0.4) is 0 Å². The van der Waals surface area contributed by atoms with Gasteiger partial charge in [-0.1, -0.05) is 84.9 Å². The number of hydrogen-bond donors (Lipinski definition) is 1. The quantitative estimate of drug-likeness (QED) is 0.183. The van der Waals surface area contributed by atoms with Gasteiger partial charge >= 0.3 is 7.48 Å². The molecule has 1 aromatic heterocycles. The molecule has 3 nitrogen and oxygen atoms in total. The molecule has 6 aromatic carbocycles. The van der Waals surface area contributed by atoms with Gasteiger partial charge in [0.1, 0.15) is 11.2 Å². The smallest absolute Gasteiger partial charge is 0.310 e. The second kappa shape index (κ2) is 8.95. The van der Waals surface area contributed by atoms with Crippen molar-refractivity contribution in [3.63, 3.8) is 0 Å². The zero-order valence-electron chi connectivity index (χ0n) is 23.3. The molecule has 1 heterocycles. The fourth-order valence-corrected chi connectivity index (χ4v) is 5.68. The van der Waals surface area contributed by atoms with Gasteiger partial charge in [-0.15, -0.1) is 0 Å². The third kappa shape index (κ3) is 3.90. The monoisotopic (exact) mass is 522 g/mol. The Balaban J connectivity index is 1.53. The summed E-state index contributed by atoms with van der Waals surface area (Å²) in [5, 5.41) is 20.0. The van der Waals surface area contributed by atoms with Crippen LogP contribution in [0.4, 0.5) is 0 Å². The van der Waals surface area contributed by atoms with E-state index in [1.165, 1.54) is 26.9 Å². The summed E-state index contributed by atoms with van der Waals surface area (Å²) in [5.41, 5.74) is 3.22. The maximum atomic E-state index is 10.7. The molecule has 7 rings (SSSR count). The van der Waals surface area contributed by atoms with E-state index in [-0.39, 0.29) is 0 Å². The molecule has 0 unspecified atom stereocenters. The highest BCUT2D eigenvalue weighted by molar-refractivity contribution is 6.53. The summed E-state index contributed by atoms with van der Waals surface area (Å²) in [4.78, 5) is 0. The zero-order chi connectivity index (χ0) is 27.6. The highest BCUT2D eigenvalue weighted by atomic mass is 16.5. The highest BCUT2D eigenvalue weighted by Gasteiger charge is 2.36. The molecule has 0 atom stereocenters.